The Kier molecular flexibility index (Phi) is 3.77. The summed E-state index contributed by atoms with van der Waals surface area (Å²) >= 11 is 0. The molecule has 0 spiro atoms. The smallest absolute Gasteiger partial charge is 0.295 e. The molecule has 0 saturated carbocycles. The van der Waals surface area contributed by atoms with Gasteiger partial charge >= 0.3 is 0 Å². The second-order valence-electron chi connectivity index (χ2n) is 4.14. The lowest BCUT2D eigenvalue weighted by molar-refractivity contribution is 0.527. The Hall–Kier alpha value is -3.30. The standard InChI is InChI=1S/C18H10N2O/c1-3-7-15(8-4-1)11-13-17-19-20-18(21-17)14-12-16-9-5-2-6-10-16/h1-10H. The highest BCUT2D eigenvalue weighted by molar-refractivity contribution is 5.39. The van der Waals surface area contributed by atoms with Crippen molar-refractivity contribution in [3.8, 4) is 23.7 Å². The van der Waals surface area contributed by atoms with Crippen LogP contribution in [0.1, 0.15) is 22.9 Å². The van der Waals surface area contributed by atoms with E-state index in [4.69, 9.17) is 4.42 Å². The van der Waals surface area contributed by atoms with E-state index in [9.17, 15) is 0 Å². The lowest BCUT2D eigenvalue weighted by atomic mass is 10.2. The van der Waals surface area contributed by atoms with E-state index in [1.54, 1.807) is 0 Å². The number of hydrogen-bond acceptors (Lipinski definition) is 3. The first-order valence-electron chi connectivity index (χ1n) is 6.38. The molecule has 0 aliphatic carbocycles. The van der Waals surface area contributed by atoms with Crippen LogP contribution in [0.5, 0.6) is 0 Å². The van der Waals surface area contributed by atoms with Crippen molar-refractivity contribution >= 4 is 0 Å². The second kappa shape index (κ2) is 6.23. The van der Waals surface area contributed by atoms with Gasteiger partial charge in [-0.2, -0.15) is 0 Å². The largest absolute Gasteiger partial charge is 0.403 e. The van der Waals surface area contributed by atoms with Crippen molar-refractivity contribution in [2.45, 2.75) is 0 Å². The average Bonchev–Trinajstić information content (AvgIpc) is 3.01. The Morgan fingerprint density at radius 3 is 1.43 bits per heavy atom. The Balaban J connectivity index is 1.76. The van der Waals surface area contributed by atoms with Gasteiger partial charge in [0.25, 0.3) is 11.8 Å². The van der Waals surface area contributed by atoms with Gasteiger partial charge in [0.05, 0.1) is 0 Å². The summed E-state index contributed by atoms with van der Waals surface area (Å²) in [6, 6.07) is 19.2. The van der Waals surface area contributed by atoms with E-state index in [0.29, 0.717) is 0 Å². The third-order valence-corrected chi connectivity index (χ3v) is 2.60. The number of nitrogens with zero attached hydrogens (tertiary/aromatic N) is 2. The molecule has 3 heteroatoms. The molecule has 3 nitrogen and oxygen atoms in total. The minimum Gasteiger partial charge on any atom is -0.403 e. The lowest BCUT2D eigenvalue weighted by Gasteiger charge is -1.85. The van der Waals surface area contributed by atoms with Gasteiger partial charge in [-0.3, -0.25) is 0 Å². The normalized spacial score (nSPS) is 9.14. The zero-order chi connectivity index (χ0) is 14.3. The lowest BCUT2D eigenvalue weighted by Crippen LogP contribution is -1.75. The summed E-state index contributed by atoms with van der Waals surface area (Å²) < 4.78 is 5.36. The Labute approximate surface area is 122 Å². The second-order valence-corrected chi connectivity index (χ2v) is 4.14. The molecular weight excluding hydrogens is 260 g/mol. The van der Waals surface area contributed by atoms with Crippen LogP contribution >= 0.6 is 0 Å². The Bertz CT molecular complexity index is 772. The maximum Gasteiger partial charge on any atom is 0.295 e. The molecule has 0 bridgehead atoms. The molecule has 3 aromatic rings. The SMILES string of the molecule is C(#Cc1nnc(C#Cc2ccccc2)o1)c1ccccc1. The van der Waals surface area contributed by atoms with Crippen LogP contribution in [0.4, 0.5) is 0 Å². The third-order valence-electron chi connectivity index (χ3n) is 2.60. The predicted octanol–water partition coefficient (Wildman–Crippen LogP) is 2.87. The molecule has 2 aromatic carbocycles. The number of rotatable bonds is 0. The van der Waals surface area contributed by atoms with E-state index in [1.807, 2.05) is 60.7 Å². The molecule has 0 N–H and O–H groups in total. The molecule has 21 heavy (non-hydrogen) atoms. The van der Waals surface area contributed by atoms with Crippen LogP contribution in [0, 0.1) is 23.7 Å². The van der Waals surface area contributed by atoms with Gasteiger partial charge in [-0.25, -0.2) is 0 Å². The van der Waals surface area contributed by atoms with Gasteiger partial charge in [-0.05, 0) is 36.1 Å². The van der Waals surface area contributed by atoms with Gasteiger partial charge in [0.15, 0.2) is 0 Å². The molecule has 0 aliphatic heterocycles. The monoisotopic (exact) mass is 270 g/mol. The first-order chi connectivity index (χ1) is 10.4. The summed E-state index contributed by atoms with van der Waals surface area (Å²) in [5.74, 6) is 12.1. The van der Waals surface area contributed by atoms with Crippen molar-refractivity contribution in [3.05, 3.63) is 83.6 Å². The summed E-state index contributed by atoms with van der Waals surface area (Å²) in [7, 11) is 0. The van der Waals surface area contributed by atoms with Gasteiger partial charge in [0, 0.05) is 11.1 Å². The molecule has 0 radical (unpaired) electrons. The van der Waals surface area contributed by atoms with E-state index in [0.717, 1.165) is 11.1 Å². The molecule has 0 fully saturated rings. The minimum absolute atomic E-state index is 0.260. The van der Waals surface area contributed by atoms with Crippen molar-refractivity contribution in [2.24, 2.45) is 0 Å². The van der Waals surface area contributed by atoms with E-state index in [2.05, 4.69) is 33.9 Å². The van der Waals surface area contributed by atoms with E-state index in [-0.39, 0.29) is 11.8 Å². The fourth-order valence-electron chi connectivity index (χ4n) is 1.62. The average molecular weight is 270 g/mol. The van der Waals surface area contributed by atoms with Crippen molar-refractivity contribution < 1.29 is 4.42 Å². The van der Waals surface area contributed by atoms with E-state index >= 15 is 0 Å². The highest BCUT2D eigenvalue weighted by atomic mass is 16.4. The number of hydrogen-bond donors (Lipinski definition) is 0. The van der Waals surface area contributed by atoms with Crippen LogP contribution in [-0.2, 0) is 0 Å². The van der Waals surface area contributed by atoms with Crippen LogP contribution in [-0.4, -0.2) is 10.2 Å². The quantitative estimate of drug-likeness (QED) is 0.590. The van der Waals surface area contributed by atoms with E-state index in [1.165, 1.54) is 0 Å². The number of aromatic nitrogens is 2. The summed E-state index contributed by atoms with van der Waals surface area (Å²) in [6.45, 7) is 0. The maximum absolute atomic E-state index is 5.36. The molecule has 98 valence electrons. The third kappa shape index (κ3) is 3.59. The van der Waals surface area contributed by atoms with Crippen LogP contribution in [0.25, 0.3) is 0 Å². The highest BCUT2D eigenvalue weighted by Gasteiger charge is 1.99. The van der Waals surface area contributed by atoms with Crippen LogP contribution in [0.3, 0.4) is 0 Å². The summed E-state index contributed by atoms with van der Waals surface area (Å²) in [4.78, 5) is 0. The van der Waals surface area contributed by atoms with Crippen molar-refractivity contribution in [1.29, 1.82) is 0 Å². The fourth-order valence-corrected chi connectivity index (χ4v) is 1.62. The topological polar surface area (TPSA) is 38.9 Å². The molecular formula is C18H10N2O. The summed E-state index contributed by atoms with van der Waals surface area (Å²) in [5, 5.41) is 7.70. The molecule has 0 saturated heterocycles. The first-order valence-corrected chi connectivity index (χ1v) is 6.38. The zero-order valence-electron chi connectivity index (χ0n) is 11.1. The molecule has 1 heterocycles. The molecule has 0 aliphatic rings. The van der Waals surface area contributed by atoms with Crippen molar-refractivity contribution in [2.75, 3.05) is 0 Å². The Morgan fingerprint density at radius 2 is 1.00 bits per heavy atom. The maximum atomic E-state index is 5.36. The van der Waals surface area contributed by atoms with Crippen molar-refractivity contribution in [1.82, 2.24) is 10.2 Å². The summed E-state index contributed by atoms with van der Waals surface area (Å²) in [6.07, 6.45) is 0. The minimum atomic E-state index is 0.260. The summed E-state index contributed by atoms with van der Waals surface area (Å²) in [5.41, 5.74) is 1.79. The highest BCUT2D eigenvalue weighted by Crippen LogP contribution is 2.00. The fraction of sp³-hybridized carbons (Fsp3) is 0. The van der Waals surface area contributed by atoms with Gasteiger partial charge in [0.2, 0.25) is 0 Å². The van der Waals surface area contributed by atoms with Crippen LogP contribution in [0.15, 0.2) is 65.1 Å². The Morgan fingerprint density at radius 1 is 0.571 bits per heavy atom. The van der Waals surface area contributed by atoms with Crippen LogP contribution in [0.2, 0.25) is 0 Å². The van der Waals surface area contributed by atoms with Crippen LogP contribution < -0.4 is 0 Å². The van der Waals surface area contributed by atoms with Gasteiger partial charge < -0.3 is 4.42 Å². The number of benzene rings is 2. The zero-order valence-corrected chi connectivity index (χ0v) is 11.1. The molecule has 3 rings (SSSR count). The first kappa shape index (κ1) is 12.7. The van der Waals surface area contributed by atoms with Gasteiger partial charge in [-0.15, -0.1) is 0 Å². The predicted molar refractivity (Wildman–Crippen MR) is 79.1 cm³/mol. The molecule has 0 unspecified atom stereocenters. The molecule has 0 amide bonds. The van der Waals surface area contributed by atoms with Gasteiger partial charge in [0.1, 0.15) is 0 Å². The molecule has 1 aromatic heterocycles. The van der Waals surface area contributed by atoms with E-state index < -0.39 is 0 Å². The molecule has 0 atom stereocenters. The van der Waals surface area contributed by atoms with Crippen molar-refractivity contribution in [3.63, 3.8) is 0 Å². The van der Waals surface area contributed by atoms with Gasteiger partial charge in [-0.1, -0.05) is 58.4 Å².